The van der Waals surface area contributed by atoms with Crippen molar-refractivity contribution in [3.05, 3.63) is 64.8 Å². The van der Waals surface area contributed by atoms with Gasteiger partial charge in [-0.1, -0.05) is 30.3 Å². The lowest BCUT2D eigenvalue weighted by atomic mass is 10.1. The first-order chi connectivity index (χ1) is 12.7. The first-order valence-electron chi connectivity index (χ1n) is 8.63. The van der Waals surface area contributed by atoms with E-state index in [9.17, 15) is 5.11 Å². The van der Waals surface area contributed by atoms with E-state index in [0.717, 1.165) is 24.1 Å². The Morgan fingerprint density at radius 3 is 2.92 bits per heavy atom. The lowest BCUT2D eigenvalue weighted by molar-refractivity contribution is -0.128. The van der Waals surface area contributed by atoms with E-state index in [1.807, 2.05) is 36.4 Å². The van der Waals surface area contributed by atoms with Crippen LogP contribution in [-0.4, -0.2) is 41.3 Å². The third kappa shape index (κ3) is 4.78. The molecule has 0 radical (unpaired) electrons. The molecule has 0 spiro atoms. The smallest absolute Gasteiger partial charge is 0.158 e. The highest BCUT2D eigenvalue weighted by Crippen LogP contribution is 2.32. The maximum Gasteiger partial charge on any atom is 0.158 e. The minimum atomic E-state index is -0.845. The third-order valence-corrected chi connectivity index (χ3v) is 4.36. The number of hydrogen-bond acceptors (Lipinski definition) is 3. The van der Waals surface area contributed by atoms with E-state index < -0.39 is 6.29 Å². The van der Waals surface area contributed by atoms with Crippen molar-refractivity contribution < 1.29 is 14.6 Å². The Morgan fingerprint density at radius 1 is 1.35 bits per heavy atom. The highest BCUT2D eigenvalue weighted by Gasteiger charge is 2.28. The SMILES string of the molecule is [N-]=CN=C(N)c1ccc(C2CC[C@@H](COC(O)Cc3ccccc3)O2)[nH]1. The van der Waals surface area contributed by atoms with Gasteiger partial charge in [-0.2, -0.15) is 0 Å². The van der Waals surface area contributed by atoms with Crippen LogP contribution in [0, 0.1) is 0 Å². The number of hydrogen-bond donors (Lipinski definition) is 3. The number of H-pyrrole nitrogens is 1. The summed E-state index contributed by atoms with van der Waals surface area (Å²) in [7, 11) is 0. The first-order valence-corrected chi connectivity index (χ1v) is 8.63. The number of benzene rings is 1. The van der Waals surface area contributed by atoms with Gasteiger partial charge in [-0.15, -0.1) is 6.34 Å². The molecule has 0 saturated carbocycles. The zero-order valence-corrected chi connectivity index (χ0v) is 14.4. The van der Waals surface area contributed by atoms with E-state index >= 15 is 0 Å². The summed E-state index contributed by atoms with van der Waals surface area (Å²) in [5.41, 5.74) is 8.30. The molecule has 2 unspecified atom stereocenters. The van der Waals surface area contributed by atoms with Crippen molar-refractivity contribution in [2.24, 2.45) is 10.7 Å². The lowest BCUT2D eigenvalue weighted by Crippen LogP contribution is -2.23. The molecule has 1 saturated heterocycles. The highest BCUT2D eigenvalue weighted by molar-refractivity contribution is 6.00. The van der Waals surface area contributed by atoms with Crippen LogP contribution in [-0.2, 0) is 15.9 Å². The third-order valence-electron chi connectivity index (χ3n) is 4.36. The second-order valence-corrected chi connectivity index (χ2v) is 6.26. The van der Waals surface area contributed by atoms with E-state index in [4.69, 9.17) is 20.6 Å². The monoisotopic (exact) mass is 355 g/mol. The summed E-state index contributed by atoms with van der Waals surface area (Å²) in [6.45, 7) is 0.348. The quantitative estimate of drug-likeness (QED) is 0.382. The molecule has 1 fully saturated rings. The Kier molecular flexibility index (Phi) is 6.17. The number of amidine groups is 1. The molecular formula is C19H23N4O3-. The molecule has 2 heterocycles. The minimum Gasteiger partial charge on any atom is -0.472 e. The predicted octanol–water partition coefficient (Wildman–Crippen LogP) is 2.12. The maximum atomic E-state index is 10.0. The molecule has 7 heteroatoms. The molecule has 0 aliphatic carbocycles. The molecule has 3 atom stereocenters. The number of nitrogens with two attached hydrogens (primary N) is 1. The van der Waals surface area contributed by atoms with Crippen LogP contribution in [0.2, 0.25) is 0 Å². The number of aliphatic hydroxyl groups is 1. The lowest BCUT2D eigenvalue weighted by Gasteiger charge is -2.17. The molecule has 4 N–H and O–H groups in total. The van der Waals surface area contributed by atoms with Crippen molar-refractivity contribution in [2.75, 3.05) is 6.61 Å². The second kappa shape index (κ2) is 8.75. The molecule has 26 heavy (non-hydrogen) atoms. The average Bonchev–Trinajstić information content (AvgIpc) is 3.30. The fraction of sp³-hybridized carbons (Fsp3) is 0.368. The minimum absolute atomic E-state index is 0.0611. The van der Waals surface area contributed by atoms with Crippen LogP contribution >= 0.6 is 0 Å². The molecule has 7 nitrogen and oxygen atoms in total. The van der Waals surface area contributed by atoms with Crippen LogP contribution in [0.1, 0.15) is 35.9 Å². The molecular weight excluding hydrogens is 332 g/mol. The van der Waals surface area contributed by atoms with Crippen molar-refractivity contribution in [1.82, 2.24) is 4.98 Å². The van der Waals surface area contributed by atoms with Crippen molar-refractivity contribution in [3.8, 4) is 0 Å². The summed E-state index contributed by atoms with van der Waals surface area (Å²) in [4.78, 5) is 6.79. The van der Waals surface area contributed by atoms with E-state index in [1.54, 1.807) is 6.07 Å². The summed E-state index contributed by atoms with van der Waals surface area (Å²) in [6.07, 6.45) is 1.84. The van der Waals surface area contributed by atoms with Crippen LogP contribution < -0.4 is 5.73 Å². The Labute approximate surface area is 152 Å². The van der Waals surface area contributed by atoms with Gasteiger partial charge in [0.15, 0.2) is 6.29 Å². The fourth-order valence-electron chi connectivity index (χ4n) is 3.03. The van der Waals surface area contributed by atoms with Gasteiger partial charge in [-0.25, -0.2) is 0 Å². The summed E-state index contributed by atoms with van der Waals surface area (Å²) >= 11 is 0. The van der Waals surface area contributed by atoms with Gasteiger partial charge in [0.25, 0.3) is 0 Å². The van der Waals surface area contributed by atoms with E-state index in [1.165, 1.54) is 0 Å². The summed E-state index contributed by atoms with van der Waals surface area (Å²) in [6, 6.07) is 13.4. The molecule has 1 aromatic carbocycles. The van der Waals surface area contributed by atoms with Gasteiger partial charge >= 0.3 is 0 Å². The van der Waals surface area contributed by atoms with Gasteiger partial charge in [0.05, 0.1) is 24.5 Å². The number of nitrogens with one attached hydrogen (secondary N) is 1. The van der Waals surface area contributed by atoms with Gasteiger partial charge in [-0.3, -0.25) is 0 Å². The Bertz CT molecular complexity index is 744. The van der Waals surface area contributed by atoms with Gasteiger partial charge in [-0.05, 0) is 30.5 Å². The van der Waals surface area contributed by atoms with Gasteiger partial charge in [0.2, 0.25) is 0 Å². The number of aromatic amines is 1. The van der Waals surface area contributed by atoms with E-state index in [-0.39, 0.29) is 18.0 Å². The molecule has 138 valence electrons. The average molecular weight is 355 g/mol. The van der Waals surface area contributed by atoms with Crippen LogP contribution in [0.5, 0.6) is 0 Å². The van der Waals surface area contributed by atoms with Crippen LogP contribution in [0.25, 0.3) is 5.41 Å². The Hall–Kier alpha value is -2.48. The normalized spacial score (nSPS) is 21.7. The van der Waals surface area contributed by atoms with Crippen LogP contribution in [0.3, 0.4) is 0 Å². The van der Waals surface area contributed by atoms with Gasteiger partial charge in [0.1, 0.15) is 0 Å². The fourth-order valence-corrected chi connectivity index (χ4v) is 3.03. The summed E-state index contributed by atoms with van der Waals surface area (Å²) in [5.74, 6) is 0.209. The number of aromatic nitrogens is 1. The molecule has 1 aliphatic rings. The molecule has 0 bridgehead atoms. The largest absolute Gasteiger partial charge is 0.472 e. The topological polar surface area (TPSA) is 115 Å². The molecule has 1 aliphatic heterocycles. The zero-order chi connectivity index (χ0) is 18.4. The van der Waals surface area contributed by atoms with E-state index in [0.29, 0.717) is 25.1 Å². The number of nitrogens with zero attached hydrogens (tertiary/aromatic N) is 2. The predicted molar refractivity (Wildman–Crippen MR) is 99.9 cm³/mol. The molecule has 1 aromatic heterocycles. The van der Waals surface area contributed by atoms with Crippen molar-refractivity contribution >= 4 is 12.2 Å². The Balaban J connectivity index is 1.46. The Morgan fingerprint density at radius 2 is 2.15 bits per heavy atom. The van der Waals surface area contributed by atoms with Crippen LogP contribution in [0.4, 0.5) is 0 Å². The number of aliphatic imine (C=N–C) groups is 1. The molecule has 2 aromatic rings. The summed E-state index contributed by atoms with van der Waals surface area (Å²) in [5, 5.41) is 18.7. The number of rotatable bonds is 8. The van der Waals surface area contributed by atoms with Crippen molar-refractivity contribution in [3.63, 3.8) is 0 Å². The summed E-state index contributed by atoms with van der Waals surface area (Å²) < 4.78 is 11.5. The van der Waals surface area contributed by atoms with Crippen LogP contribution in [0.15, 0.2) is 47.5 Å². The second-order valence-electron chi connectivity index (χ2n) is 6.26. The first kappa shape index (κ1) is 18.3. The maximum absolute atomic E-state index is 10.0. The molecule has 3 rings (SSSR count). The van der Waals surface area contributed by atoms with Crippen molar-refractivity contribution in [1.29, 1.82) is 0 Å². The van der Waals surface area contributed by atoms with E-state index in [2.05, 4.69) is 9.98 Å². The number of ether oxygens (including phenoxy) is 2. The van der Waals surface area contributed by atoms with Crippen molar-refractivity contribution in [2.45, 2.75) is 37.8 Å². The standard InChI is InChI=1S/C19H23N4O3/c20-12-22-19(21)16-8-7-15(23-16)17-9-6-14(26-17)11-25-18(24)10-13-4-2-1-3-5-13/h1-5,7-8,12,14,17-18,23-24H,6,9-11H2,(H2-,20,21,22)/q-1/t14-,17?,18?/m0/s1. The zero-order valence-electron chi connectivity index (χ0n) is 14.4. The molecule has 0 amide bonds. The van der Waals surface area contributed by atoms with Gasteiger partial charge in [0, 0.05) is 18.0 Å². The highest BCUT2D eigenvalue weighted by atomic mass is 16.6. The van der Waals surface area contributed by atoms with Gasteiger partial charge < -0.3 is 35.7 Å². The number of aliphatic hydroxyl groups excluding tert-OH is 1.